The van der Waals surface area contributed by atoms with Crippen LogP contribution in [0.3, 0.4) is 0 Å². The highest BCUT2D eigenvalue weighted by Crippen LogP contribution is 2.33. The number of sulfone groups is 1. The molecule has 5 rings (SSSR count). The fraction of sp³-hybridized carbons (Fsp3) is 0.233. The van der Waals surface area contributed by atoms with Gasteiger partial charge < -0.3 is 18.9 Å². The van der Waals surface area contributed by atoms with Crippen molar-refractivity contribution in [3.05, 3.63) is 95.7 Å². The molecule has 1 fully saturated rings. The van der Waals surface area contributed by atoms with Gasteiger partial charge in [0.25, 0.3) is 5.91 Å². The van der Waals surface area contributed by atoms with Crippen molar-refractivity contribution >= 4 is 38.2 Å². The number of hydrogen-bond donors (Lipinski definition) is 1. The number of nitrogens with one attached hydrogen (secondary N) is 1. The molecular weight excluding hydrogens is 618 g/mol. The number of ether oxygens (including phenoxy) is 4. The molecule has 0 radical (unpaired) electrons. The summed E-state index contributed by atoms with van der Waals surface area (Å²) in [6, 6.07) is 14.4. The molecule has 14 heteroatoms. The fourth-order valence-electron chi connectivity index (χ4n) is 4.41. The van der Waals surface area contributed by atoms with Crippen molar-refractivity contribution in [2.24, 2.45) is 0 Å². The Kier molecular flexibility index (Phi) is 9.52. The minimum atomic E-state index is -3.64. The summed E-state index contributed by atoms with van der Waals surface area (Å²) in [5.41, 5.74) is 0.561. The Morgan fingerprint density at radius 1 is 1.02 bits per heavy atom. The smallest absolute Gasteiger partial charge is 0.337 e. The van der Waals surface area contributed by atoms with E-state index in [0.29, 0.717) is 48.5 Å². The minimum absolute atomic E-state index is 0.0709. The van der Waals surface area contributed by atoms with Crippen molar-refractivity contribution < 1.29 is 45.7 Å². The van der Waals surface area contributed by atoms with Gasteiger partial charge in [0.1, 0.15) is 11.6 Å². The molecule has 0 bridgehead atoms. The molecule has 0 spiro atoms. The molecule has 1 N–H and O–H groups in total. The lowest BCUT2D eigenvalue weighted by Crippen LogP contribution is -2.29. The van der Waals surface area contributed by atoms with Crippen LogP contribution in [0.5, 0.6) is 16.6 Å². The molecule has 0 aliphatic carbocycles. The van der Waals surface area contributed by atoms with Crippen molar-refractivity contribution in [2.75, 3.05) is 25.6 Å². The normalized spacial score (nSPS) is 14.4. The number of aromatic nitrogens is 1. The highest BCUT2D eigenvalue weighted by atomic mass is 32.2. The molecule has 2 heterocycles. The first-order valence-corrected chi connectivity index (χ1v) is 15.7. The van der Waals surface area contributed by atoms with Crippen molar-refractivity contribution in [2.45, 2.75) is 29.1 Å². The molecule has 44 heavy (non-hydrogen) atoms. The molecule has 3 aromatic carbocycles. The number of benzene rings is 3. The van der Waals surface area contributed by atoms with E-state index in [0.717, 1.165) is 23.5 Å². The number of hydrogen-bond acceptors (Lipinski definition) is 10. The van der Waals surface area contributed by atoms with E-state index in [9.17, 15) is 26.8 Å². The third-order valence-electron chi connectivity index (χ3n) is 6.70. The predicted octanol–water partition coefficient (Wildman–Crippen LogP) is 5.71. The van der Waals surface area contributed by atoms with E-state index < -0.39 is 44.7 Å². The number of nitrogens with zero attached hydrogens (tertiary/aromatic N) is 1. The van der Waals surface area contributed by atoms with Gasteiger partial charge in [-0.3, -0.25) is 10.1 Å². The number of carbonyl (C=O) groups is 2. The topological polar surface area (TPSA) is 130 Å². The highest BCUT2D eigenvalue weighted by molar-refractivity contribution is 7.92. The zero-order chi connectivity index (χ0) is 31.3. The van der Waals surface area contributed by atoms with Crippen LogP contribution in [0.4, 0.5) is 13.9 Å². The van der Waals surface area contributed by atoms with Crippen molar-refractivity contribution in [3.8, 4) is 16.6 Å². The first-order chi connectivity index (χ1) is 21.1. The Labute approximate surface area is 255 Å². The molecule has 1 saturated heterocycles. The van der Waals surface area contributed by atoms with Gasteiger partial charge in [0, 0.05) is 24.8 Å². The van der Waals surface area contributed by atoms with E-state index >= 15 is 0 Å². The van der Waals surface area contributed by atoms with Crippen LogP contribution < -0.4 is 14.8 Å². The van der Waals surface area contributed by atoms with Gasteiger partial charge in [0.05, 0.1) is 29.0 Å². The molecule has 4 aromatic rings. The lowest BCUT2D eigenvalue weighted by Gasteiger charge is -2.23. The van der Waals surface area contributed by atoms with E-state index in [4.69, 9.17) is 14.2 Å². The van der Waals surface area contributed by atoms with Crippen LogP contribution in [0, 0.1) is 11.6 Å². The van der Waals surface area contributed by atoms with Crippen molar-refractivity contribution in [1.82, 2.24) is 4.98 Å². The number of anilines is 1. The Morgan fingerprint density at radius 2 is 1.73 bits per heavy atom. The van der Waals surface area contributed by atoms with E-state index in [-0.39, 0.29) is 21.3 Å². The summed E-state index contributed by atoms with van der Waals surface area (Å²) >= 11 is 0.991. The quantitative estimate of drug-likeness (QED) is 0.216. The third-order valence-corrected chi connectivity index (χ3v) is 9.77. The number of amides is 1. The number of esters is 1. The number of halogens is 2. The first kappa shape index (κ1) is 31.0. The third kappa shape index (κ3) is 7.21. The zero-order valence-electron chi connectivity index (χ0n) is 23.2. The largest absolute Gasteiger partial charge is 0.473 e. The van der Waals surface area contributed by atoms with E-state index in [2.05, 4.69) is 15.0 Å². The van der Waals surface area contributed by atoms with E-state index in [1.54, 1.807) is 12.1 Å². The van der Waals surface area contributed by atoms with Crippen LogP contribution in [-0.2, 0) is 24.1 Å². The average molecular weight is 645 g/mol. The highest BCUT2D eigenvalue weighted by Gasteiger charge is 2.31. The summed E-state index contributed by atoms with van der Waals surface area (Å²) in [6.45, 7) is 0.707. The second-order valence-electron chi connectivity index (χ2n) is 9.59. The lowest BCUT2D eigenvalue weighted by molar-refractivity contribution is -0.123. The molecule has 1 aromatic heterocycles. The van der Waals surface area contributed by atoms with Crippen LogP contribution in [-0.4, -0.2) is 50.9 Å². The summed E-state index contributed by atoms with van der Waals surface area (Å²) in [5.74, 6) is -3.07. The maximum Gasteiger partial charge on any atom is 0.337 e. The Hall–Kier alpha value is -4.40. The molecule has 1 atom stereocenters. The van der Waals surface area contributed by atoms with Gasteiger partial charge in [0.2, 0.25) is 11.2 Å². The molecule has 230 valence electrons. The van der Waals surface area contributed by atoms with Gasteiger partial charge >= 0.3 is 5.97 Å². The summed E-state index contributed by atoms with van der Waals surface area (Å²) in [7, 11) is -2.37. The number of thiazole rings is 1. The van der Waals surface area contributed by atoms with Gasteiger partial charge in [-0.25, -0.2) is 27.0 Å². The number of rotatable bonds is 10. The van der Waals surface area contributed by atoms with Crippen molar-refractivity contribution in [3.63, 3.8) is 0 Å². The maximum atomic E-state index is 14.5. The molecular formula is C30H26F2N2O8S2. The minimum Gasteiger partial charge on any atom is -0.473 e. The molecule has 1 aliphatic rings. The monoisotopic (exact) mass is 644 g/mol. The average Bonchev–Trinajstić information content (AvgIpc) is 3.47. The Bertz CT molecular complexity index is 1740. The summed E-state index contributed by atoms with van der Waals surface area (Å²) in [6.07, 6.45) is 0.662. The van der Waals surface area contributed by atoms with Gasteiger partial charge in [-0.1, -0.05) is 23.5 Å². The first-order valence-electron chi connectivity index (χ1n) is 13.3. The standard InChI is InChI=1S/C30H26F2N2O8S2/c1-39-29(36)19-2-7-21(8-3-19)41-26-17-33-30(43-26)34-28(35)27(42-25-11-6-20(31)16-24(25)32)18-4-9-22(10-5-18)44(37,38)23-12-14-40-15-13-23/h2-11,16-17,23,27H,12-15H2,1H3,(H,33,34,35). The zero-order valence-corrected chi connectivity index (χ0v) is 24.8. The van der Waals surface area contributed by atoms with E-state index in [1.165, 1.54) is 49.7 Å². The predicted molar refractivity (Wildman–Crippen MR) is 156 cm³/mol. The van der Waals surface area contributed by atoms with Crippen LogP contribution >= 0.6 is 11.3 Å². The molecule has 1 aliphatic heterocycles. The summed E-state index contributed by atoms with van der Waals surface area (Å²) < 4.78 is 75.6. The van der Waals surface area contributed by atoms with Gasteiger partial charge in [-0.05, 0) is 61.4 Å². The summed E-state index contributed by atoms with van der Waals surface area (Å²) in [4.78, 5) is 29.3. The second kappa shape index (κ2) is 13.5. The molecule has 10 nitrogen and oxygen atoms in total. The Balaban J connectivity index is 1.35. The fourth-order valence-corrected chi connectivity index (χ4v) is 6.81. The van der Waals surface area contributed by atoms with E-state index in [1.807, 2.05) is 0 Å². The van der Waals surface area contributed by atoms with Crippen LogP contribution in [0.2, 0.25) is 0 Å². The summed E-state index contributed by atoms with van der Waals surface area (Å²) in [5, 5.41) is 2.46. The number of methoxy groups -OCH3 is 1. The van der Waals surface area contributed by atoms with Gasteiger partial charge in [-0.15, -0.1) is 0 Å². The van der Waals surface area contributed by atoms with Gasteiger partial charge in [0.15, 0.2) is 26.5 Å². The van der Waals surface area contributed by atoms with Crippen LogP contribution in [0.15, 0.2) is 77.8 Å². The molecule has 1 unspecified atom stereocenters. The van der Waals surface area contributed by atoms with Gasteiger partial charge in [-0.2, -0.15) is 0 Å². The van der Waals surface area contributed by atoms with Crippen molar-refractivity contribution in [1.29, 1.82) is 0 Å². The van der Waals surface area contributed by atoms with Crippen LogP contribution in [0.25, 0.3) is 0 Å². The lowest BCUT2D eigenvalue weighted by atomic mass is 10.1. The SMILES string of the molecule is COC(=O)c1ccc(Oc2cnc(NC(=O)C(Oc3ccc(F)cc3F)c3ccc(S(=O)(=O)C4CCOCC4)cc3)s2)cc1. The molecule has 0 saturated carbocycles. The van der Waals surface area contributed by atoms with Crippen LogP contribution in [0.1, 0.15) is 34.9 Å². The Morgan fingerprint density at radius 3 is 2.39 bits per heavy atom. The molecule has 1 amide bonds. The number of carbonyl (C=O) groups excluding carboxylic acids is 2. The maximum absolute atomic E-state index is 14.5. The second-order valence-corrected chi connectivity index (χ2v) is 12.8.